The molecule has 1 aromatic carbocycles. The predicted molar refractivity (Wildman–Crippen MR) is 158 cm³/mol. The van der Waals surface area contributed by atoms with Crippen LogP contribution in [-0.4, -0.2) is 81.5 Å². The first kappa shape index (κ1) is 31.3. The largest absolute Gasteiger partial charge is 0.476 e. The van der Waals surface area contributed by atoms with Crippen LogP contribution in [0.4, 0.5) is 11.4 Å². The molecular formula is C31H48N4O6. The molecule has 0 bridgehead atoms. The van der Waals surface area contributed by atoms with Gasteiger partial charge in [-0.3, -0.25) is 14.4 Å². The van der Waals surface area contributed by atoms with Crippen LogP contribution in [0, 0.1) is 11.8 Å². The number of ether oxygens (including phenoxy) is 3. The molecule has 1 unspecified atom stereocenters. The summed E-state index contributed by atoms with van der Waals surface area (Å²) < 4.78 is 17.1. The van der Waals surface area contributed by atoms with E-state index in [1.165, 1.54) is 0 Å². The van der Waals surface area contributed by atoms with Crippen LogP contribution >= 0.6 is 0 Å². The Labute approximate surface area is 244 Å². The van der Waals surface area contributed by atoms with Crippen molar-refractivity contribution in [2.45, 2.75) is 90.5 Å². The molecule has 10 nitrogen and oxygen atoms in total. The Morgan fingerprint density at radius 2 is 1.98 bits per heavy atom. The fourth-order valence-corrected chi connectivity index (χ4v) is 6.31. The lowest BCUT2D eigenvalue weighted by Gasteiger charge is -2.40. The van der Waals surface area contributed by atoms with Crippen molar-refractivity contribution in [2.75, 3.05) is 49.8 Å². The van der Waals surface area contributed by atoms with Gasteiger partial charge in [-0.1, -0.05) is 0 Å². The van der Waals surface area contributed by atoms with E-state index in [1.54, 1.807) is 30.8 Å². The fourth-order valence-electron chi connectivity index (χ4n) is 6.31. The fraction of sp³-hybridized carbons (Fsp3) is 0.710. The van der Waals surface area contributed by atoms with Crippen molar-refractivity contribution in [3.8, 4) is 5.75 Å². The highest BCUT2D eigenvalue weighted by atomic mass is 16.5. The molecule has 3 aliphatic rings. The Morgan fingerprint density at radius 3 is 2.68 bits per heavy atom. The Balaban J connectivity index is 1.51. The summed E-state index contributed by atoms with van der Waals surface area (Å²) in [5.41, 5.74) is 0.370. The van der Waals surface area contributed by atoms with Gasteiger partial charge in [-0.25, -0.2) is 0 Å². The normalized spacial score (nSPS) is 25.5. The highest BCUT2D eigenvalue weighted by Crippen LogP contribution is 2.41. The Hall–Kier alpha value is -2.69. The molecular weight excluding hydrogens is 524 g/mol. The summed E-state index contributed by atoms with van der Waals surface area (Å²) in [6.45, 7) is 12.2. The molecule has 1 aliphatic carbocycles. The van der Waals surface area contributed by atoms with Gasteiger partial charge in [0.1, 0.15) is 5.75 Å². The highest BCUT2D eigenvalue weighted by molar-refractivity contribution is 6.04. The molecule has 1 saturated heterocycles. The van der Waals surface area contributed by atoms with Crippen LogP contribution in [0.3, 0.4) is 0 Å². The van der Waals surface area contributed by atoms with Crippen molar-refractivity contribution in [3.05, 3.63) is 18.2 Å². The number of fused-ring (bicyclic) bond motifs is 1. The zero-order valence-corrected chi connectivity index (χ0v) is 25.5. The van der Waals surface area contributed by atoms with Crippen molar-refractivity contribution in [3.63, 3.8) is 0 Å². The predicted octanol–water partition coefficient (Wildman–Crippen LogP) is 3.27. The Morgan fingerprint density at radius 1 is 1.22 bits per heavy atom. The van der Waals surface area contributed by atoms with E-state index in [0.717, 1.165) is 19.3 Å². The standard InChI is InChI=1S/C31H48N4O6/c1-7-40-26-11-8-10-24(26)33-28(36)21-16-22(19-32-18-21)29(37)35(20(2)3)23-12-13-27-25(17-23)34(14-9-15-39-6)30(38)31(4,5)41-27/h12-13,17,20-22,24,26,32H,7-11,14-16,18-19H2,1-6H3,(H,33,36)/t21-,22+,24?,26-/m0/s1. The lowest BCUT2D eigenvalue weighted by Crippen LogP contribution is -2.53. The number of methoxy groups -OCH3 is 1. The maximum atomic E-state index is 14.0. The number of anilines is 2. The number of hydrogen-bond donors (Lipinski definition) is 2. The van der Waals surface area contributed by atoms with Gasteiger partial charge < -0.3 is 34.6 Å². The average Bonchev–Trinajstić information content (AvgIpc) is 3.37. The molecule has 4 rings (SSSR count). The molecule has 4 atom stereocenters. The minimum atomic E-state index is -0.986. The van der Waals surface area contributed by atoms with Gasteiger partial charge >= 0.3 is 0 Å². The molecule has 2 N–H and O–H groups in total. The van der Waals surface area contributed by atoms with E-state index in [1.807, 2.05) is 39.0 Å². The SMILES string of the molecule is CCO[C@H]1CCCC1NC(=O)[C@@H]1CNC[C@H](C(=O)N(c2ccc3c(c2)N(CCCOC)C(=O)C(C)(C)O3)C(C)C)C1. The number of piperidine rings is 1. The first-order valence-corrected chi connectivity index (χ1v) is 15.2. The summed E-state index contributed by atoms with van der Waals surface area (Å²) >= 11 is 0. The summed E-state index contributed by atoms with van der Waals surface area (Å²) in [5.74, 6) is -0.199. The zero-order chi connectivity index (χ0) is 29.7. The van der Waals surface area contributed by atoms with Crippen LogP contribution in [0.1, 0.15) is 66.7 Å². The molecule has 1 aromatic rings. The first-order valence-electron chi connectivity index (χ1n) is 15.2. The van der Waals surface area contributed by atoms with E-state index in [-0.39, 0.29) is 47.7 Å². The molecule has 0 aromatic heterocycles. The van der Waals surface area contributed by atoms with E-state index in [2.05, 4.69) is 10.6 Å². The van der Waals surface area contributed by atoms with Crippen LogP contribution in [0.15, 0.2) is 18.2 Å². The molecule has 0 radical (unpaired) electrons. The summed E-state index contributed by atoms with van der Waals surface area (Å²) in [6.07, 6.45) is 4.15. The summed E-state index contributed by atoms with van der Waals surface area (Å²) in [7, 11) is 1.64. The maximum absolute atomic E-state index is 14.0. The molecule has 2 aliphatic heterocycles. The van der Waals surface area contributed by atoms with Gasteiger partial charge in [0.15, 0.2) is 5.60 Å². The van der Waals surface area contributed by atoms with Crippen LogP contribution < -0.4 is 25.2 Å². The first-order chi connectivity index (χ1) is 19.6. The van der Waals surface area contributed by atoms with Crippen LogP contribution in [0.5, 0.6) is 5.75 Å². The van der Waals surface area contributed by atoms with E-state index < -0.39 is 5.60 Å². The molecule has 1 saturated carbocycles. The molecule has 2 fully saturated rings. The van der Waals surface area contributed by atoms with Gasteiger partial charge in [0, 0.05) is 51.7 Å². The van der Waals surface area contributed by atoms with Crippen LogP contribution in [0.25, 0.3) is 0 Å². The third kappa shape index (κ3) is 7.04. The van der Waals surface area contributed by atoms with Crippen molar-refractivity contribution in [1.82, 2.24) is 10.6 Å². The third-order valence-electron chi connectivity index (χ3n) is 8.35. The van der Waals surface area contributed by atoms with E-state index in [9.17, 15) is 14.4 Å². The molecule has 10 heteroatoms. The minimum Gasteiger partial charge on any atom is -0.476 e. The van der Waals surface area contributed by atoms with Crippen LogP contribution in [0.2, 0.25) is 0 Å². The number of amides is 3. The third-order valence-corrected chi connectivity index (χ3v) is 8.35. The van der Waals surface area contributed by atoms with Gasteiger partial charge in [0.25, 0.3) is 5.91 Å². The number of nitrogens with one attached hydrogen (secondary N) is 2. The lowest BCUT2D eigenvalue weighted by molar-refractivity contribution is -0.132. The molecule has 2 heterocycles. The molecule has 3 amide bonds. The summed E-state index contributed by atoms with van der Waals surface area (Å²) in [4.78, 5) is 44.1. The lowest BCUT2D eigenvalue weighted by atomic mass is 9.88. The average molecular weight is 573 g/mol. The monoisotopic (exact) mass is 572 g/mol. The van der Waals surface area contributed by atoms with Gasteiger partial charge in [0.2, 0.25) is 11.8 Å². The number of hydrogen-bond acceptors (Lipinski definition) is 7. The highest BCUT2D eigenvalue weighted by Gasteiger charge is 2.42. The number of nitrogens with zero attached hydrogens (tertiary/aromatic N) is 2. The summed E-state index contributed by atoms with van der Waals surface area (Å²) in [6, 6.07) is 5.50. The van der Waals surface area contributed by atoms with Crippen molar-refractivity contribution >= 4 is 29.1 Å². The van der Waals surface area contributed by atoms with Crippen LogP contribution in [-0.2, 0) is 23.9 Å². The van der Waals surface area contributed by atoms with Gasteiger partial charge in [-0.2, -0.15) is 0 Å². The second-order valence-electron chi connectivity index (χ2n) is 12.2. The van der Waals surface area contributed by atoms with E-state index in [0.29, 0.717) is 62.8 Å². The smallest absolute Gasteiger partial charge is 0.270 e. The van der Waals surface area contributed by atoms with Crippen molar-refractivity contribution in [1.29, 1.82) is 0 Å². The summed E-state index contributed by atoms with van der Waals surface area (Å²) in [5, 5.41) is 6.54. The Kier molecular flexibility index (Phi) is 10.3. The molecule has 41 heavy (non-hydrogen) atoms. The number of rotatable bonds is 11. The molecule has 228 valence electrons. The van der Waals surface area contributed by atoms with E-state index in [4.69, 9.17) is 14.2 Å². The number of benzene rings is 1. The van der Waals surface area contributed by atoms with E-state index >= 15 is 0 Å². The second-order valence-corrected chi connectivity index (χ2v) is 12.2. The quantitative estimate of drug-likeness (QED) is 0.392. The van der Waals surface area contributed by atoms with Gasteiger partial charge in [0.05, 0.1) is 29.7 Å². The topological polar surface area (TPSA) is 109 Å². The number of carbonyl (C=O) groups excluding carboxylic acids is 3. The number of carbonyl (C=O) groups is 3. The van der Waals surface area contributed by atoms with Gasteiger partial charge in [-0.05, 0) is 84.9 Å². The zero-order valence-electron chi connectivity index (χ0n) is 25.5. The minimum absolute atomic E-state index is 0.0125. The van der Waals surface area contributed by atoms with Gasteiger partial charge in [-0.15, -0.1) is 0 Å². The van der Waals surface area contributed by atoms with Crippen molar-refractivity contribution < 1.29 is 28.6 Å². The maximum Gasteiger partial charge on any atom is 0.270 e. The Bertz CT molecular complexity index is 1090. The van der Waals surface area contributed by atoms with Crippen molar-refractivity contribution in [2.24, 2.45) is 11.8 Å². The second kappa shape index (κ2) is 13.5. The molecule has 0 spiro atoms.